The monoisotopic (exact) mass is 508 g/mol. The van der Waals surface area contributed by atoms with E-state index in [0.29, 0.717) is 36.5 Å². The highest BCUT2D eigenvalue weighted by molar-refractivity contribution is 5.97. The molecule has 0 spiro atoms. The van der Waals surface area contributed by atoms with Crippen molar-refractivity contribution in [1.29, 1.82) is 0 Å². The summed E-state index contributed by atoms with van der Waals surface area (Å²) in [5.74, 6) is 2.00. The molecular formula is C28H37FN6O2. The van der Waals surface area contributed by atoms with Crippen LogP contribution in [0.1, 0.15) is 58.4 Å². The van der Waals surface area contributed by atoms with Gasteiger partial charge in [0.1, 0.15) is 11.6 Å². The summed E-state index contributed by atoms with van der Waals surface area (Å²) < 4.78 is 14.7. The average molecular weight is 509 g/mol. The van der Waals surface area contributed by atoms with Crippen molar-refractivity contribution in [2.24, 2.45) is 0 Å². The zero-order valence-corrected chi connectivity index (χ0v) is 22.1. The summed E-state index contributed by atoms with van der Waals surface area (Å²) in [7, 11) is 0. The molecule has 1 aromatic carbocycles. The lowest BCUT2D eigenvalue weighted by atomic mass is 9.92. The third-order valence-electron chi connectivity index (χ3n) is 7.76. The second-order valence-electron chi connectivity index (χ2n) is 11.3. The first kappa shape index (κ1) is 25.6. The largest absolute Gasteiger partial charge is 0.390 e. The maximum Gasteiger partial charge on any atom is 0.227 e. The molecule has 3 aromatic rings. The van der Waals surface area contributed by atoms with Gasteiger partial charge in [-0.25, -0.2) is 14.4 Å². The van der Waals surface area contributed by atoms with E-state index >= 15 is 0 Å². The Hall–Kier alpha value is -3.04. The predicted molar refractivity (Wildman–Crippen MR) is 146 cm³/mol. The van der Waals surface area contributed by atoms with E-state index in [1.165, 1.54) is 12.5 Å². The lowest BCUT2D eigenvalue weighted by Crippen LogP contribution is -2.52. The van der Waals surface area contributed by atoms with Crippen LogP contribution >= 0.6 is 0 Å². The second kappa shape index (κ2) is 9.68. The zero-order valence-electron chi connectivity index (χ0n) is 22.1. The first-order valence-corrected chi connectivity index (χ1v) is 13.1. The third-order valence-corrected chi connectivity index (χ3v) is 7.76. The average Bonchev–Trinajstić information content (AvgIpc) is 2.85. The zero-order chi connectivity index (χ0) is 26.4. The van der Waals surface area contributed by atoms with Crippen LogP contribution in [0.25, 0.3) is 10.8 Å². The molecule has 2 aliphatic heterocycles. The van der Waals surface area contributed by atoms with Crippen LogP contribution in [0.3, 0.4) is 0 Å². The number of aliphatic hydroxyl groups excluding tert-OH is 1. The van der Waals surface area contributed by atoms with Crippen LogP contribution in [0.5, 0.6) is 0 Å². The molecule has 5 rings (SSSR count). The topological polar surface area (TPSA) is 97.6 Å². The third kappa shape index (κ3) is 5.33. The summed E-state index contributed by atoms with van der Waals surface area (Å²) in [5.41, 5.74) is 0.0674. The number of piperidine rings is 2. The number of alkyl halides is 1. The Bertz CT molecular complexity index is 1270. The SMILES string of the molecule is CC(C)c1ccc(N2CCC(C)(O)CC2)c2cnc(Nc3ccnc(N4CC[C@@H](O)[C@@](C)(F)C4)n3)cc12. The molecule has 2 aliphatic rings. The summed E-state index contributed by atoms with van der Waals surface area (Å²) in [5, 5.41) is 25.9. The molecule has 0 saturated carbocycles. The first-order chi connectivity index (χ1) is 17.5. The summed E-state index contributed by atoms with van der Waals surface area (Å²) in [6, 6.07) is 8.20. The Labute approximate surface area is 217 Å². The van der Waals surface area contributed by atoms with E-state index < -0.39 is 17.4 Å². The fraction of sp³-hybridized carbons (Fsp3) is 0.536. The maximum absolute atomic E-state index is 14.7. The number of fused-ring (bicyclic) bond motifs is 1. The fourth-order valence-electron chi connectivity index (χ4n) is 5.33. The molecule has 37 heavy (non-hydrogen) atoms. The van der Waals surface area contributed by atoms with E-state index in [2.05, 4.69) is 52.2 Å². The van der Waals surface area contributed by atoms with Gasteiger partial charge in [0.2, 0.25) is 5.95 Å². The number of anilines is 4. The van der Waals surface area contributed by atoms with E-state index in [4.69, 9.17) is 4.98 Å². The van der Waals surface area contributed by atoms with Gasteiger partial charge >= 0.3 is 0 Å². The van der Waals surface area contributed by atoms with Crippen molar-refractivity contribution in [1.82, 2.24) is 15.0 Å². The summed E-state index contributed by atoms with van der Waals surface area (Å²) in [4.78, 5) is 17.8. The number of pyridine rings is 1. The number of aliphatic hydroxyl groups is 2. The van der Waals surface area contributed by atoms with Gasteiger partial charge in [-0.15, -0.1) is 0 Å². The van der Waals surface area contributed by atoms with Gasteiger partial charge in [0.15, 0.2) is 5.67 Å². The lowest BCUT2D eigenvalue weighted by molar-refractivity contribution is -0.00860. The van der Waals surface area contributed by atoms with Gasteiger partial charge in [0.25, 0.3) is 0 Å². The number of nitrogens with one attached hydrogen (secondary N) is 1. The van der Waals surface area contributed by atoms with Gasteiger partial charge in [0, 0.05) is 43.1 Å². The quantitative estimate of drug-likeness (QED) is 0.462. The van der Waals surface area contributed by atoms with Crippen LogP contribution in [-0.2, 0) is 0 Å². The predicted octanol–water partition coefficient (Wildman–Crippen LogP) is 4.54. The van der Waals surface area contributed by atoms with Crippen molar-refractivity contribution in [3.8, 4) is 0 Å². The highest BCUT2D eigenvalue weighted by atomic mass is 19.1. The van der Waals surface area contributed by atoms with E-state index in [0.717, 1.165) is 42.4 Å². The second-order valence-corrected chi connectivity index (χ2v) is 11.3. The summed E-state index contributed by atoms with van der Waals surface area (Å²) in [6.45, 7) is 9.83. The van der Waals surface area contributed by atoms with Crippen molar-refractivity contribution in [3.63, 3.8) is 0 Å². The molecule has 3 N–H and O–H groups in total. The van der Waals surface area contributed by atoms with Gasteiger partial charge in [0.05, 0.1) is 18.2 Å². The molecule has 0 unspecified atom stereocenters. The van der Waals surface area contributed by atoms with Crippen LogP contribution in [-0.4, -0.2) is 68.7 Å². The Balaban J connectivity index is 1.43. The van der Waals surface area contributed by atoms with Crippen molar-refractivity contribution >= 4 is 34.0 Å². The molecule has 198 valence electrons. The normalized spacial score (nSPS) is 24.1. The van der Waals surface area contributed by atoms with Crippen LogP contribution in [0, 0.1) is 0 Å². The molecule has 2 saturated heterocycles. The molecule has 2 fully saturated rings. The van der Waals surface area contributed by atoms with Crippen molar-refractivity contribution < 1.29 is 14.6 Å². The minimum atomic E-state index is -1.71. The number of nitrogens with zero attached hydrogens (tertiary/aromatic N) is 5. The van der Waals surface area contributed by atoms with Crippen LogP contribution in [0.2, 0.25) is 0 Å². The number of benzene rings is 1. The highest BCUT2D eigenvalue weighted by Crippen LogP contribution is 2.36. The fourth-order valence-corrected chi connectivity index (χ4v) is 5.33. The number of aromatic nitrogens is 3. The highest BCUT2D eigenvalue weighted by Gasteiger charge is 2.39. The Morgan fingerprint density at radius 3 is 2.49 bits per heavy atom. The van der Waals surface area contributed by atoms with Crippen molar-refractivity contribution in [3.05, 3.63) is 42.2 Å². The summed E-state index contributed by atoms with van der Waals surface area (Å²) >= 11 is 0. The molecule has 0 bridgehead atoms. The van der Waals surface area contributed by atoms with E-state index in [1.807, 2.05) is 13.1 Å². The Morgan fingerprint density at radius 1 is 1.03 bits per heavy atom. The minimum Gasteiger partial charge on any atom is -0.390 e. The molecule has 8 nitrogen and oxygen atoms in total. The molecule has 2 aromatic heterocycles. The number of hydrogen-bond donors (Lipinski definition) is 3. The molecule has 0 amide bonds. The van der Waals surface area contributed by atoms with Gasteiger partial charge in [-0.05, 0) is 68.2 Å². The molecule has 0 radical (unpaired) electrons. The summed E-state index contributed by atoms with van der Waals surface area (Å²) in [6.07, 6.45) is 4.38. The van der Waals surface area contributed by atoms with Crippen molar-refractivity contribution in [2.75, 3.05) is 41.3 Å². The molecule has 2 atom stereocenters. The number of halogens is 1. The van der Waals surface area contributed by atoms with Crippen LogP contribution in [0.15, 0.2) is 36.7 Å². The molecule has 4 heterocycles. The van der Waals surface area contributed by atoms with E-state index in [9.17, 15) is 14.6 Å². The minimum absolute atomic E-state index is 0.0400. The molecular weight excluding hydrogens is 471 g/mol. The van der Waals surface area contributed by atoms with Crippen molar-refractivity contribution in [2.45, 2.75) is 70.2 Å². The van der Waals surface area contributed by atoms with Crippen LogP contribution < -0.4 is 15.1 Å². The lowest BCUT2D eigenvalue weighted by Gasteiger charge is -2.38. The van der Waals surface area contributed by atoms with E-state index in [1.54, 1.807) is 17.2 Å². The number of rotatable bonds is 5. The Morgan fingerprint density at radius 2 is 1.78 bits per heavy atom. The Kier molecular flexibility index (Phi) is 6.70. The van der Waals surface area contributed by atoms with Gasteiger partial charge in [-0.2, -0.15) is 4.98 Å². The van der Waals surface area contributed by atoms with E-state index in [-0.39, 0.29) is 6.54 Å². The van der Waals surface area contributed by atoms with Gasteiger partial charge in [-0.1, -0.05) is 19.9 Å². The van der Waals surface area contributed by atoms with Crippen LogP contribution in [0.4, 0.5) is 27.7 Å². The standard InChI is InChI=1S/C28H37FN6O2/c1-18(2)19-5-6-22(34-13-9-27(3,37)10-14-34)21-16-31-25(15-20(19)21)32-24-7-11-30-26(33-24)35-12-8-23(36)28(4,29)17-35/h5-7,11,15-16,18,23,36-37H,8-10,12-14,17H2,1-4H3,(H,30,31,32,33)/t23-,28+/m1/s1. The first-order valence-electron chi connectivity index (χ1n) is 13.1. The molecule has 0 aliphatic carbocycles. The maximum atomic E-state index is 14.7. The number of hydrogen-bond acceptors (Lipinski definition) is 8. The van der Waals surface area contributed by atoms with Gasteiger partial charge < -0.3 is 25.3 Å². The van der Waals surface area contributed by atoms with Gasteiger partial charge in [-0.3, -0.25) is 0 Å². The molecule has 9 heteroatoms. The smallest absolute Gasteiger partial charge is 0.227 e.